The number of aromatic nitrogens is 4. The number of rotatable bonds is 9. The van der Waals surface area contributed by atoms with Crippen LogP contribution in [0.25, 0.3) is 22.8 Å². The van der Waals surface area contributed by atoms with Crippen molar-refractivity contribution in [3.63, 3.8) is 0 Å². The fourth-order valence-electron chi connectivity index (χ4n) is 4.92. The number of aryl methyl sites for hydroxylation is 1. The van der Waals surface area contributed by atoms with Crippen molar-refractivity contribution < 1.29 is 22.7 Å². The van der Waals surface area contributed by atoms with E-state index in [1.165, 1.54) is 52.2 Å². The Kier molecular flexibility index (Phi) is 9.52. The number of alkyl halides is 3. The zero-order valence-electron chi connectivity index (χ0n) is 25.2. The normalized spacial score (nSPS) is 12.8. The van der Waals surface area contributed by atoms with Gasteiger partial charge in [-0.2, -0.15) is 4.99 Å². The number of hydrogen-bond acceptors (Lipinski definition) is 5. The van der Waals surface area contributed by atoms with Gasteiger partial charge in [0.15, 0.2) is 10.6 Å². The van der Waals surface area contributed by atoms with E-state index >= 15 is 0 Å². The molecule has 5 rings (SSSR count). The molecule has 0 aliphatic rings. The van der Waals surface area contributed by atoms with Crippen LogP contribution in [-0.4, -0.2) is 38.3 Å². The summed E-state index contributed by atoms with van der Waals surface area (Å²) in [5, 5.41) is 9.40. The maximum absolute atomic E-state index is 12.8. The second-order valence-corrected chi connectivity index (χ2v) is 11.9. The summed E-state index contributed by atoms with van der Waals surface area (Å²) in [7, 11) is 0. The number of thiazole rings is 1. The molecular formula is C33H33F3N6O2S. The number of benzene rings is 3. The van der Waals surface area contributed by atoms with Gasteiger partial charge in [-0.15, -0.1) is 29.6 Å². The first-order valence-electron chi connectivity index (χ1n) is 14.4. The molecule has 0 bridgehead atoms. The number of urea groups is 1. The Hall–Kier alpha value is -4.71. The second-order valence-electron chi connectivity index (χ2n) is 11.1. The number of nitrogens with zero attached hydrogens (tertiary/aromatic N) is 5. The van der Waals surface area contributed by atoms with Crippen molar-refractivity contribution >= 4 is 17.4 Å². The maximum Gasteiger partial charge on any atom is 0.573 e. The molecule has 234 valence electrons. The van der Waals surface area contributed by atoms with Crippen LogP contribution in [0, 0.1) is 12.8 Å². The van der Waals surface area contributed by atoms with Crippen LogP contribution in [0.1, 0.15) is 43.5 Å². The summed E-state index contributed by atoms with van der Waals surface area (Å²) in [6.45, 7) is 8.84. The van der Waals surface area contributed by atoms with Crippen molar-refractivity contribution in [3.05, 3.63) is 106 Å². The fraction of sp³-hybridized carbons (Fsp3) is 0.273. The number of nitrogens with one attached hydrogen (secondary N) is 1. The number of ether oxygens (including phenoxy) is 1. The van der Waals surface area contributed by atoms with Gasteiger partial charge in [-0.25, -0.2) is 14.5 Å². The van der Waals surface area contributed by atoms with Crippen molar-refractivity contribution in [2.45, 2.75) is 46.4 Å². The third kappa shape index (κ3) is 8.07. The summed E-state index contributed by atoms with van der Waals surface area (Å²) in [5.74, 6) is 0.667. The van der Waals surface area contributed by atoms with Gasteiger partial charge in [-0.05, 0) is 66.6 Å². The van der Waals surface area contributed by atoms with Crippen molar-refractivity contribution in [2.24, 2.45) is 10.9 Å². The molecule has 2 heterocycles. The molecule has 3 aromatic carbocycles. The zero-order chi connectivity index (χ0) is 32.1. The SMILES string of the molecule is Cc1cs/c(=N\C(=O)NCC(C)Cc2ccc(-c3ncn(-c4ccc(OC(F)(F)F)cc4)n3)cc2)n1-c1ccccc1C(C)C. The molecule has 8 nitrogen and oxygen atoms in total. The number of halogens is 3. The minimum atomic E-state index is -4.75. The van der Waals surface area contributed by atoms with E-state index in [4.69, 9.17) is 0 Å². The van der Waals surface area contributed by atoms with Gasteiger partial charge in [-0.1, -0.05) is 63.2 Å². The Morgan fingerprint density at radius 2 is 1.73 bits per heavy atom. The van der Waals surface area contributed by atoms with E-state index in [9.17, 15) is 18.0 Å². The molecule has 0 spiro atoms. The number of hydrogen-bond donors (Lipinski definition) is 1. The van der Waals surface area contributed by atoms with Gasteiger partial charge >= 0.3 is 12.4 Å². The first-order valence-corrected chi connectivity index (χ1v) is 15.3. The monoisotopic (exact) mass is 634 g/mol. The number of amides is 2. The predicted molar refractivity (Wildman–Crippen MR) is 168 cm³/mol. The lowest BCUT2D eigenvalue weighted by atomic mass is 10.00. The van der Waals surface area contributed by atoms with Gasteiger partial charge in [0.05, 0.1) is 11.4 Å². The zero-order valence-corrected chi connectivity index (χ0v) is 26.1. The Morgan fingerprint density at radius 1 is 1.02 bits per heavy atom. The van der Waals surface area contributed by atoms with Gasteiger partial charge in [0, 0.05) is 23.2 Å². The molecule has 2 amide bonds. The Balaban J connectivity index is 1.18. The summed E-state index contributed by atoms with van der Waals surface area (Å²) >= 11 is 1.44. The Bertz CT molecular complexity index is 1820. The third-order valence-electron chi connectivity index (χ3n) is 7.10. The maximum atomic E-state index is 12.8. The largest absolute Gasteiger partial charge is 0.573 e. The molecule has 0 aliphatic heterocycles. The van der Waals surface area contributed by atoms with Crippen LogP contribution in [0.5, 0.6) is 5.75 Å². The quantitative estimate of drug-likeness (QED) is 0.181. The number of carbonyl (C=O) groups excluding carboxylic acids is 1. The molecule has 1 unspecified atom stereocenters. The van der Waals surface area contributed by atoms with Crippen LogP contribution in [0.2, 0.25) is 0 Å². The molecule has 2 aromatic heterocycles. The highest BCUT2D eigenvalue weighted by atomic mass is 32.1. The molecule has 0 fully saturated rings. The molecule has 1 N–H and O–H groups in total. The summed E-state index contributed by atoms with van der Waals surface area (Å²) < 4.78 is 44.7. The minimum absolute atomic E-state index is 0.162. The van der Waals surface area contributed by atoms with Crippen LogP contribution in [0.4, 0.5) is 18.0 Å². The summed E-state index contributed by atoms with van der Waals surface area (Å²) in [5.41, 5.74) is 5.68. The van der Waals surface area contributed by atoms with E-state index in [0.717, 1.165) is 28.9 Å². The van der Waals surface area contributed by atoms with Crippen LogP contribution in [0.15, 0.2) is 89.5 Å². The van der Waals surface area contributed by atoms with Gasteiger partial charge in [0.2, 0.25) is 0 Å². The Morgan fingerprint density at radius 3 is 2.42 bits per heavy atom. The van der Waals surface area contributed by atoms with Gasteiger partial charge in [-0.3, -0.25) is 4.57 Å². The van der Waals surface area contributed by atoms with E-state index in [2.05, 4.69) is 58.0 Å². The van der Waals surface area contributed by atoms with Gasteiger partial charge in [0.1, 0.15) is 12.1 Å². The molecule has 5 aromatic rings. The van der Waals surface area contributed by atoms with Gasteiger partial charge < -0.3 is 10.1 Å². The standard InChI is InChI=1S/C33H33F3N6O2S/c1-21(2)28-7-5-6-8-29(28)42-23(4)19-45-32(42)39-31(43)37-18-22(3)17-24-9-11-25(12-10-24)30-38-20-41(40-30)26-13-15-27(16-14-26)44-33(34,35)36/h5-16,19-22H,17-18H2,1-4H3,(H,37,43)/b39-32-. The van der Waals surface area contributed by atoms with Crippen LogP contribution in [-0.2, 0) is 6.42 Å². The lowest BCUT2D eigenvalue weighted by molar-refractivity contribution is -0.274. The molecule has 0 saturated heterocycles. The lowest BCUT2D eigenvalue weighted by Gasteiger charge is -2.15. The molecule has 1 atom stereocenters. The minimum Gasteiger partial charge on any atom is -0.406 e. The smallest absolute Gasteiger partial charge is 0.406 e. The highest BCUT2D eigenvalue weighted by Crippen LogP contribution is 2.25. The highest BCUT2D eigenvalue weighted by Gasteiger charge is 2.31. The summed E-state index contributed by atoms with van der Waals surface area (Å²) in [6.07, 6.45) is -2.50. The number of carbonyl (C=O) groups is 1. The van der Waals surface area contributed by atoms with E-state index in [0.29, 0.717) is 28.8 Å². The van der Waals surface area contributed by atoms with E-state index in [-0.39, 0.29) is 17.7 Å². The molecular weight excluding hydrogens is 601 g/mol. The van der Waals surface area contributed by atoms with Crippen molar-refractivity contribution in [3.8, 4) is 28.5 Å². The highest BCUT2D eigenvalue weighted by molar-refractivity contribution is 7.07. The van der Waals surface area contributed by atoms with E-state index in [1.54, 1.807) is 0 Å². The predicted octanol–water partition coefficient (Wildman–Crippen LogP) is 7.61. The molecule has 0 aliphatic carbocycles. The molecule has 0 saturated carbocycles. The first kappa shape index (κ1) is 31.7. The average Bonchev–Trinajstić information content (AvgIpc) is 3.63. The molecule has 45 heavy (non-hydrogen) atoms. The topological polar surface area (TPSA) is 86.3 Å². The first-order chi connectivity index (χ1) is 21.5. The van der Waals surface area contributed by atoms with Crippen molar-refractivity contribution in [1.29, 1.82) is 0 Å². The van der Waals surface area contributed by atoms with Crippen LogP contribution >= 0.6 is 11.3 Å². The third-order valence-corrected chi connectivity index (χ3v) is 8.04. The number of para-hydroxylation sites is 1. The molecule has 12 heteroatoms. The van der Waals surface area contributed by atoms with Crippen LogP contribution in [0.3, 0.4) is 0 Å². The van der Waals surface area contributed by atoms with Gasteiger partial charge in [0.25, 0.3) is 0 Å². The van der Waals surface area contributed by atoms with Crippen molar-refractivity contribution in [1.82, 2.24) is 24.6 Å². The van der Waals surface area contributed by atoms with E-state index < -0.39 is 6.36 Å². The van der Waals surface area contributed by atoms with E-state index in [1.807, 2.05) is 53.3 Å². The lowest BCUT2D eigenvalue weighted by Crippen LogP contribution is -2.29. The van der Waals surface area contributed by atoms with Crippen molar-refractivity contribution in [2.75, 3.05) is 6.54 Å². The fourth-order valence-corrected chi connectivity index (χ4v) is 5.78. The van der Waals surface area contributed by atoms with Crippen LogP contribution < -0.4 is 14.9 Å². The molecule has 0 radical (unpaired) electrons. The average molecular weight is 635 g/mol. The Labute approximate surface area is 262 Å². The second kappa shape index (κ2) is 13.5. The summed E-state index contributed by atoms with van der Waals surface area (Å²) in [6, 6.07) is 21.0. The summed E-state index contributed by atoms with van der Waals surface area (Å²) in [4.78, 5) is 22.2.